The zero-order valence-corrected chi connectivity index (χ0v) is 13.0. The van der Waals surface area contributed by atoms with Gasteiger partial charge >= 0.3 is 0 Å². The second-order valence-electron chi connectivity index (χ2n) is 4.11. The minimum Gasteiger partial charge on any atom is -0.431 e. The number of hydrogen-bond donors (Lipinski definition) is 0. The number of hydrogen-bond acceptors (Lipinski definition) is 5. The van der Waals surface area contributed by atoms with E-state index in [1.54, 1.807) is 13.0 Å². The van der Waals surface area contributed by atoms with Crippen LogP contribution in [0.4, 0.5) is 0 Å². The van der Waals surface area contributed by atoms with Crippen LogP contribution in [0.5, 0.6) is 0 Å². The SMILES string of the molecule is CC#CCSc1nc2cc(S(=O)(=O)N(C)C)ccc2o1. The Kier molecular flexibility index (Phi) is 4.38. The number of oxazole rings is 1. The summed E-state index contributed by atoms with van der Waals surface area (Å²) < 4.78 is 30.8. The van der Waals surface area contributed by atoms with E-state index < -0.39 is 10.0 Å². The van der Waals surface area contributed by atoms with Gasteiger partial charge in [0.1, 0.15) is 5.52 Å². The first-order valence-corrected chi connectivity index (χ1v) is 8.23. The Morgan fingerprint density at radius 1 is 1.40 bits per heavy atom. The monoisotopic (exact) mass is 310 g/mol. The Morgan fingerprint density at radius 3 is 2.80 bits per heavy atom. The van der Waals surface area contributed by atoms with Gasteiger partial charge in [0.25, 0.3) is 5.22 Å². The fourth-order valence-electron chi connectivity index (χ4n) is 1.49. The average molecular weight is 310 g/mol. The number of nitrogens with zero attached hydrogens (tertiary/aromatic N) is 2. The van der Waals surface area contributed by atoms with Crippen LogP contribution >= 0.6 is 11.8 Å². The highest BCUT2D eigenvalue weighted by Crippen LogP contribution is 2.25. The van der Waals surface area contributed by atoms with Crippen LogP contribution in [0.1, 0.15) is 6.92 Å². The van der Waals surface area contributed by atoms with Crippen LogP contribution in [-0.2, 0) is 10.0 Å². The molecule has 0 bridgehead atoms. The molecule has 20 heavy (non-hydrogen) atoms. The van der Waals surface area contributed by atoms with E-state index in [0.29, 0.717) is 22.1 Å². The zero-order chi connectivity index (χ0) is 14.8. The van der Waals surface area contributed by atoms with Crippen molar-refractivity contribution in [3.63, 3.8) is 0 Å². The fourth-order valence-corrected chi connectivity index (χ4v) is 3.06. The lowest BCUT2D eigenvalue weighted by Crippen LogP contribution is -2.22. The normalized spacial score (nSPS) is 11.6. The minimum absolute atomic E-state index is 0.202. The van der Waals surface area contributed by atoms with E-state index in [4.69, 9.17) is 4.42 Å². The number of benzene rings is 1. The van der Waals surface area contributed by atoms with Crippen LogP contribution in [-0.4, -0.2) is 37.6 Å². The quantitative estimate of drug-likeness (QED) is 0.640. The highest BCUT2D eigenvalue weighted by atomic mass is 32.2. The first-order chi connectivity index (χ1) is 9.45. The van der Waals surface area contributed by atoms with Gasteiger partial charge < -0.3 is 4.42 Å². The molecule has 2 rings (SSSR count). The van der Waals surface area contributed by atoms with Crippen molar-refractivity contribution in [1.82, 2.24) is 9.29 Å². The molecule has 0 amide bonds. The van der Waals surface area contributed by atoms with Gasteiger partial charge in [-0.25, -0.2) is 17.7 Å². The van der Waals surface area contributed by atoms with Crippen molar-refractivity contribution in [2.24, 2.45) is 0 Å². The molecule has 0 atom stereocenters. The maximum absolute atomic E-state index is 12.0. The Morgan fingerprint density at radius 2 is 2.15 bits per heavy atom. The van der Waals surface area contributed by atoms with Crippen LogP contribution in [0.15, 0.2) is 32.7 Å². The smallest absolute Gasteiger partial charge is 0.257 e. The molecule has 0 N–H and O–H groups in total. The maximum Gasteiger partial charge on any atom is 0.257 e. The lowest BCUT2D eigenvalue weighted by molar-refractivity contribution is 0.490. The average Bonchev–Trinajstić information content (AvgIpc) is 2.80. The summed E-state index contributed by atoms with van der Waals surface area (Å²) in [6, 6.07) is 4.65. The van der Waals surface area contributed by atoms with E-state index in [2.05, 4.69) is 16.8 Å². The van der Waals surface area contributed by atoms with Gasteiger partial charge in [-0.3, -0.25) is 0 Å². The lowest BCUT2D eigenvalue weighted by Gasteiger charge is -2.10. The highest BCUT2D eigenvalue weighted by Gasteiger charge is 2.18. The molecule has 5 nitrogen and oxygen atoms in total. The third-order valence-electron chi connectivity index (χ3n) is 2.56. The zero-order valence-electron chi connectivity index (χ0n) is 11.4. The number of rotatable bonds is 4. The summed E-state index contributed by atoms with van der Waals surface area (Å²) in [7, 11) is -0.471. The Balaban J connectivity index is 2.37. The van der Waals surface area contributed by atoms with Crippen molar-refractivity contribution in [3.8, 4) is 11.8 Å². The Labute approximate surface area is 122 Å². The van der Waals surface area contributed by atoms with Crippen LogP contribution in [0.25, 0.3) is 11.1 Å². The third-order valence-corrected chi connectivity index (χ3v) is 5.08. The predicted octanol–water partition coefficient (Wildman–Crippen LogP) is 2.19. The summed E-state index contributed by atoms with van der Waals surface area (Å²) in [6.45, 7) is 1.77. The summed E-state index contributed by atoms with van der Waals surface area (Å²) in [6.07, 6.45) is 0. The second kappa shape index (κ2) is 5.87. The van der Waals surface area contributed by atoms with Gasteiger partial charge in [0.05, 0.1) is 10.6 Å². The fraction of sp³-hybridized carbons (Fsp3) is 0.308. The predicted molar refractivity (Wildman–Crippen MR) is 79.1 cm³/mol. The molecule has 2 aromatic rings. The van der Waals surface area contributed by atoms with Crippen LogP contribution in [0.2, 0.25) is 0 Å². The Bertz CT molecular complexity index is 783. The van der Waals surface area contributed by atoms with Crippen molar-refractivity contribution >= 4 is 32.9 Å². The molecule has 0 spiro atoms. The van der Waals surface area contributed by atoms with E-state index in [1.807, 2.05) is 0 Å². The van der Waals surface area contributed by atoms with E-state index in [9.17, 15) is 8.42 Å². The summed E-state index contributed by atoms with van der Waals surface area (Å²) in [5.41, 5.74) is 1.09. The van der Waals surface area contributed by atoms with Crippen molar-refractivity contribution in [1.29, 1.82) is 0 Å². The second-order valence-corrected chi connectivity index (χ2v) is 7.19. The maximum atomic E-state index is 12.0. The molecule has 0 unspecified atom stereocenters. The highest BCUT2D eigenvalue weighted by molar-refractivity contribution is 7.99. The van der Waals surface area contributed by atoms with Crippen molar-refractivity contribution in [3.05, 3.63) is 18.2 Å². The number of sulfonamides is 1. The van der Waals surface area contributed by atoms with Gasteiger partial charge in [0.2, 0.25) is 10.0 Å². The molecule has 0 radical (unpaired) electrons. The van der Waals surface area contributed by atoms with E-state index in [0.717, 1.165) is 0 Å². The molecule has 0 saturated heterocycles. The van der Waals surface area contributed by atoms with Gasteiger partial charge in [-0.05, 0) is 25.1 Å². The number of fused-ring (bicyclic) bond motifs is 1. The minimum atomic E-state index is -3.46. The molecule has 0 aliphatic rings. The van der Waals surface area contributed by atoms with Gasteiger partial charge in [0.15, 0.2) is 5.58 Å². The number of aromatic nitrogens is 1. The van der Waals surface area contributed by atoms with Crippen molar-refractivity contribution in [2.45, 2.75) is 17.0 Å². The molecule has 7 heteroatoms. The van der Waals surface area contributed by atoms with Crippen LogP contribution < -0.4 is 0 Å². The molecular formula is C13H14N2O3S2. The van der Waals surface area contributed by atoms with Crippen molar-refractivity contribution in [2.75, 3.05) is 19.8 Å². The molecule has 1 aromatic heterocycles. The van der Waals surface area contributed by atoms with Gasteiger partial charge in [-0.1, -0.05) is 17.7 Å². The van der Waals surface area contributed by atoms with Crippen molar-refractivity contribution < 1.29 is 12.8 Å². The van der Waals surface area contributed by atoms with Gasteiger partial charge in [-0.2, -0.15) is 0 Å². The topological polar surface area (TPSA) is 63.4 Å². The summed E-state index contributed by atoms with van der Waals surface area (Å²) in [4.78, 5) is 4.47. The molecule has 0 fully saturated rings. The summed E-state index contributed by atoms with van der Waals surface area (Å²) >= 11 is 1.38. The molecule has 106 valence electrons. The largest absolute Gasteiger partial charge is 0.431 e. The first kappa shape index (κ1) is 14.9. The van der Waals surface area contributed by atoms with E-state index in [1.165, 1.54) is 42.3 Å². The summed E-state index contributed by atoms with van der Waals surface area (Å²) in [5.74, 6) is 6.28. The first-order valence-electron chi connectivity index (χ1n) is 5.80. The molecule has 1 heterocycles. The van der Waals surface area contributed by atoms with Gasteiger partial charge in [-0.15, -0.1) is 5.92 Å². The molecule has 0 saturated carbocycles. The summed E-state index contributed by atoms with van der Waals surface area (Å²) in [5, 5.41) is 0.488. The standard InChI is InChI=1S/C13H14N2O3S2/c1-4-5-8-19-13-14-11-9-10(6-7-12(11)18-13)20(16,17)15(2)3/h6-7,9H,8H2,1-3H3. The lowest BCUT2D eigenvalue weighted by atomic mass is 10.3. The van der Waals surface area contributed by atoms with Crippen LogP contribution in [0.3, 0.4) is 0 Å². The molecule has 0 aliphatic heterocycles. The van der Waals surface area contributed by atoms with Crippen LogP contribution in [0, 0.1) is 11.8 Å². The van der Waals surface area contributed by atoms with E-state index in [-0.39, 0.29) is 4.90 Å². The van der Waals surface area contributed by atoms with Gasteiger partial charge in [0, 0.05) is 14.1 Å². The molecule has 1 aromatic carbocycles. The number of thioether (sulfide) groups is 1. The molecular weight excluding hydrogens is 296 g/mol. The Hall–Kier alpha value is -1.49. The van der Waals surface area contributed by atoms with E-state index >= 15 is 0 Å². The molecule has 0 aliphatic carbocycles. The third kappa shape index (κ3) is 2.98.